The molecule has 3 heterocycles. The van der Waals surface area contributed by atoms with Gasteiger partial charge in [0.05, 0.1) is 12.5 Å². The van der Waals surface area contributed by atoms with E-state index < -0.39 is 11.9 Å². The second kappa shape index (κ2) is 12.2. The predicted octanol–water partition coefficient (Wildman–Crippen LogP) is 2.15. The largest absolute Gasteiger partial charge is 0.481 e. The van der Waals surface area contributed by atoms with E-state index in [0.29, 0.717) is 50.6 Å². The number of hydrogen-bond acceptors (Lipinski definition) is 7. The molecule has 0 bridgehead atoms. The molecule has 0 saturated carbocycles. The summed E-state index contributed by atoms with van der Waals surface area (Å²) in [6.45, 7) is 5.34. The summed E-state index contributed by atoms with van der Waals surface area (Å²) in [5, 5.41) is 14.6. The molecule has 0 aliphatic carbocycles. The number of likely N-dealkylation sites (tertiary alicyclic amines) is 1. The van der Waals surface area contributed by atoms with Crippen molar-refractivity contribution in [3.05, 3.63) is 42.2 Å². The number of carbonyl (C=O) groups excluding carboxylic acids is 1. The standard InChI is InChI=1S/C26H37N5O5/c1-2-3-11-29(12-4-9-27)24(32)17-30-16-20(19-6-7-22-23(15-19)36-18-35-22)25(26(33)34)21(30)8-14-31-13-5-10-28-31/h5-7,10,13,15,20-21,25H,2-4,8-9,11-12,14,16-18,27H2,1H3,(H,33,34). The Bertz CT molecular complexity index is 1010. The van der Waals surface area contributed by atoms with Gasteiger partial charge in [0.15, 0.2) is 11.5 Å². The van der Waals surface area contributed by atoms with Crippen LogP contribution in [0.2, 0.25) is 0 Å². The quantitative estimate of drug-likeness (QED) is 0.430. The Balaban J connectivity index is 1.58. The highest BCUT2D eigenvalue weighted by molar-refractivity contribution is 5.79. The van der Waals surface area contributed by atoms with E-state index in [9.17, 15) is 14.7 Å². The average molecular weight is 500 g/mol. The lowest BCUT2D eigenvalue weighted by Gasteiger charge is -2.29. The van der Waals surface area contributed by atoms with Gasteiger partial charge in [0, 0.05) is 50.5 Å². The van der Waals surface area contributed by atoms with Crippen LogP contribution in [0.15, 0.2) is 36.7 Å². The molecular weight excluding hydrogens is 462 g/mol. The van der Waals surface area contributed by atoms with Crippen LogP contribution in [-0.4, -0.2) is 82.1 Å². The minimum atomic E-state index is -0.857. The van der Waals surface area contributed by atoms with Crippen LogP contribution < -0.4 is 15.2 Å². The smallest absolute Gasteiger partial charge is 0.308 e. The molecule has 3 unspecified atom stereocenters. The van der Waals surface area contributed by atoms with E-state index in [1.807, 2.05) is 40.0 Å². The van der Waals surface area contributed by atoms with Crippen LogP contribution in [0, 0.1) is 5.92 Å². The van der Waals surface area contributed by atoms with E-state index >= 15 is 0 Å². The van der Waals surface area contributed by atoms with Crippen LogP contribution in [0.5, 0.6) is 11.5 Å². The molecule has 3 atom stereocenters. The van der Waals surface area contributed by atoms with Crippen molar-refractivity contribution >= 4 is 11.9 Å². The maximum atomic E-state index is 13.4. The molecule has 36 heavy (non-hydrogen) atoms. The number of carboxylic acid groups (broad SMARTS) is 1. The van der Waals surface area contributed by atoms with Crippen LogP contribution in [0.3, 0.4) is 0 Å². The fraction of sp³-hybridized carbons (Fsp3) is 0.577. The van der Waals surface area contributed by atoms with Gasteiger partial charge < -0.3 is 25.2 Å². The topological polar surface area (TPSA) is 123 Å². The summed E-state index contributed by atoms with van der Waals surface area (Å²) in [7, 11) is 0. The Kier molecular flexibility index (Phi) is 8.82. The minimum absolute atomic E-state index is 0.0245. The van der Waals surface area contributed by atoms with Crippen molar-refractivity contribution in [1.29, 1.82) is 0 Å². The van der Waals surface area contributed by atoms with E-state index in [4.69, 9.17) is 15.2 Å². The number of hydrogen-bond donors (Lipinski definition) is 2. The number of aryl methyl sites for hydroxylation is 1. The van der Waals surface area contributed by atoms with Crippen molar-refractivity contribution in [1.82, 2.24) is 19.6 Å². The van der Waals surface area contributed by atoms with Gasteiger partial charge in [-0.1, -0.05) is 19.4 Å². The van der Waals surface area contributed by atoms with Gasteiger partial charge in [-0.2, -0.15) is 5.10 Å². The third-order valence-electron chi connectivity index (χ3n) is 7.18. The number of carbonyl (C=O) groups is 2. The van der Waals surface area contributed by atoms with Crippen LogP contribution in [-0.2, 0) is 16.1 Å². The number of rotatable bonds is 13. The monoisotopic (exact) mass is 499 g/mol. The molecule has 2 aliphatic rings. The highest BCUT2D eigenvalue weighted by Gasteiger charge is 2.47. The molecule has 1 aromatic carbocycles. The van der Waals surface area contributed by atoms with Crippen LogP contribution in [0.1, 0.15) is 44.1 Å². The lowest BCUT2D eigenvalue weighted by molar-refractivity contribution is -0.144. The van der Waals surface area contributed by atoms with E-state index in [1.165, 1.54) is 0 Å². The SMILES string of the molecule is CCCCN(CCCN)C(=O)CN1CC(c2ccc3c(c2)OCO3)C(C(=O)O)C1CCn1cccn1. The van der Waals surface area contributed by atoms with Gasteiger partial charge in [-0.25, -0.2) is 0 Å². The van der Waals surface area contributed by atoms with Crippen molar-refractivity contribution in [2.45, 2.75) is 51.1 Å². The first-order valence-electron chi connectivity index (χ1n) is 12.8. The summed E-state index contributed by atoms with van der Waals surface area (Å²) in [6, 6.07) is 7.17. The third-order valence-corrected chi connectivity index (χ3v) is 7.18. The third kappa shape index (κ3) is 5.99. The summed E-state index contributed by atoms with van der Waals surface area (Å²) in [6.07, 6.45) is 6.82. The second-order valence-electron chi connectivity index (χ2n) is 9.51. The minimum Gasteiger partial charge on any atom is -0.481 e. The van der Waals surface area contributed by atoms with Crippen LogP contribution >= 0.6 is 0 Å². The average Bonchev–Trinajstić information content (AvgIpc) is 3.62. The molecule has 1 amide bonds. The predicted molar refractivity (Wildman–Crippen MR) is 134 cm³/mol. The van der Waals surface area contributed by atoms with E-state index in [1.54, 1.807) is 6.20 Å². The first-order valence-corrected chi connectivity index (χ1v) is 12.8. The Morgan fingerprint density at radius 2 is 2.03 bits per heavy atom. The van der Waals surface area contributed by atoms with Gasteiger partial charge in [0.2, 0.25) is 12.7 Å². The van der Waals surface area contributed by atoms with Crippen molar-refractivity contribution in [3.8, 4) is 11.5 Å². The number of aliphatic carboxylic acids is 1. The van der Waals surface area contributed by atoms with Crippen molar-refractivity contribution in [3.63, 3.8) is 0 Å². The molecule has 196 valence electrons. The molecule has 10 nitrogen and oxygen atoms in total. The number of nitrogens with two attached hydrogens (primary N) is 1. The van der Waals surface area contributed by atoms with Crippen molar-refractivity contribution in [2.75, 3.05) is 39.5 Å². The first kappa shape index (κ1) is 26.0. The highest BCUT2D eigenvalue weighted by Crippen LogP contribution is 2.42. The molecule has 2 aromatic rings. The van der Waals surface area contributed by atoms with Crippen LogP contribution in [0.25, 0.3) is 0 Å². The number of benzene rings is 1. The Labute approximate surface area is 211 Å². The summed E-state index contributed by atoms with van der Waals surface area (Å²) < 4.78 is 12.8. The normalized spacial score (nSPS) is 21.1. The van der Waals surface area contributed by atoms with Crippen LogP contribution in [0.4, 0.5) is 0 Å². The van der Waals surface area contributed by atoms with Gasteiger partial charge in [0.1, 0.15) is 0 Å². The zero-order valence-electron chi connectivity index (χ0n) is 20.9. The number of carboxylic acids is 1. The number of aromatic nitrogens is 2. The number of ether oxygens (including phenoxy) is 2. The number of amides is 1. The summed E-state index contributed by atoms with van der Waals surface area (Å²) in [5.74, 6) is -0.480. The fourth-order valence-electron chi connectivity index (χ4n) is 5.30. The first-order chi connectivity index (χ1) is 17.5. The zero-order chi connectivity index (χ0) is 25.5. The fourth-order valence-corrected chi connectivity index (χ4v) is 5.30. The van der Waals surface area contributed by atoms with E-state index in [-0.39, 0.29) is 31.2 Å². The summed E-state index contributed by atoms with van der Waals surface area (Å²) in [5.41, 5.74) is 6.59. The van der Waals surface area contributed by atoms with E-state index in [2.05, 4.69) is 16.9 Å². The molecular formula is C26H37N5O5. The number of nitrogens with zero attached hydrogens (tertiary/aromatic N) is 4. The van der Waals surface area contributed by atoms with Gasteiger partial charge in [-0.3, -0.25) is 19.2 Å². The summed E-state index contributed by atoms with van der Waals surface area (Å²) in [4.78, 5) is 30.0. The van der Waals surface area contributed by atoms with Gasteiger partial charge >= 0.3 is 5.97 Å². The highest BCUT2D eigenvalue weighted by atomic mass is 16.7. The Hall–Kier alpha value is -3.11. The maximum absolute atomic E-state index is 13.4. The molecule has 2 aliphatic heterocycles. The van der Waals surface area contributed by atoms with Crippen molar-refractivity contribution in [2.24, 2.45) is 11.7 Å². The molecule has 10 heteroatoms. The van der Waals surface area contributed by atoms with Crippen molar-refractivity contribution < 1.29 is 24.2 Å². The molecule has 4 rings (SSSR count). The zero-order valence-corrected chi connectivity index (χ0v) is 20.9. The maximum Gasteiger partial charge on any atom is 0.308 e. The molecule has 1 aromatic heterocycles. The lowest BCUT2D eigenvalue weighted by Crippen LogP contribution is -2.45. The summed E-state index contributed by atoms with van der Waals surface area (Å²) >= 11 is 0. The Morgan fingerprint density at radius 3 is 2.75 bits per heavy atom. The Morgan fingerprint density at radius 1 is 1.22 bits per heavy atom. The van der Waals surface area contributed by atoms with Gasteiger partial charge in [-0.05, 0) is 49.6 Å². The van der Waals surface area contributed by atoms with Gasteiger partial charge in [0.25, 0.3) is 0 Å². The molecule has 1 fully saturated rings. The molecule has 0 radical (unpaired) electrons. The molecule has 1 saturated heterocycles. The number of unbranched alkanes of at least 4 members (excludes halogenated alkanes) is 1. The van der Waals surface area contributed by atoms with E-state index in [0.717, 1.165) is 24.8 Å². The number of fused-ring (bicyclic) bond motifs is 1. The second-order valence-corrected chi connectivity index (χ2v) is 9.51. The molecule has 0 spiro atoms. The lowest BCUT2D eigenvalue weighted by atomic mass is 9.84. The van der Waals surface area contributed by atoms with Gasteiger partial charge in [-0.15, -0.1) is 0 Å². The molecule has 3 N–H and O–H groups in total.